The molecule has 2 heterocycles. The van der Waals surface area contributed by atoms with Gasteiger partial charge in [-0.2, -0.15) is 4.98 Å². The van der Waals surface area contributed by atoms with E-state index in [2.05, 4.69) is 15.5 Å². The molecule has 3 atom stereocenters. The Labute approximate surface area is 197 Å². The molecule has 5 rings (SSSR count). The second kappa shape index (κ2) is 9.17. The summed E-state index contributed by atoms with van der Waals surface area (Å²) in [6, 6.07) is 14.2. The molecule has 0 spiro atoms. The molecule has 1 aromatic heterocycles. The number of fused-ring (bicyclic) bond motifs is 1. The third kappa shape index (κ3) is 4.21. The zero-order valence-electron chi connectivity index (χ0n) is 19.1. The minimum absolute atomic E-state index is 0.0150. The van der Waals surface area contributed by atoms with E-state index in [9.17, 15) is 9.59 Å². The molecule has 3 unspecified atom stereocenters. The van der Waals surface area contributed by atoms with Gasteiger partial charge in [0, 0.05) is 17.5 Å². The second-order valence-corrected chi connectivity index (χ2v) is 8.63. The van der Waals surface area contributed by atoms with Crippen LogP contribution >= 0.6 is 0 Å². The maximum Gasteiger partial charge on any atom is 0.324 e. The molecule has 1 saturated carbocycles. The summed E-state index contributed by atoms with van der Waals surface area (Å²) in [7, 11) is 3.20. The quantitative estimate of drug-likeness (QED) is 0.594. The van der Waals surface area contributed by atoms with Gasteiger partial charge in [-0.25, -0.2) is 4.79 Å². The Morgan fingerprint density at radius 1 is 1.06 bits per heavy atom. The standard InChI is InChI=1S/C25H26N4O5/c1-32-18-9-6-16(7-10-18)22-27-23(34-28-22)17-8-11-20-21(13-17)26-25(31)29(24(20)30)14-15-4-3-5-19(12-15)33-2/h3-7,9-10,12,17,20-21H,8,11,13-14H2,1-2H3,(H,26,31). The average molecular weight is 463 g/mol. The number of hydrogen-bond acceptors (Lipinski definition) is 7. The largest absolute Gasteiger partial charge is 0.497 e. The number of benzene rings is 2. The van der Waals surface area contributed by atoms with Gasteiger partial charge in [-0.3, -0.25) is 9.69 Å². The fraction of sp³-hybridized carbons (Fsp3) is 0.360. The van der Waals surface area contributed by atoms with E-state index in [1.165, 1.54) is 4.90 Å². The lowest BCUT2D eigenvalue weighted by molar-refractivity contribution is -0.137. The molecule has 3 amide bonds. The number of nitrogens with zero attached hydrogens (tertiary/aromatic N) is 3. The molecule has 0 radical (unpaired) electrons. The van der Waals surface area contributed by atoms with E-state index in [0.29, 0.717) is 30.3 Å². The Kier molecular flexibility index (Phi) is 5.91. The van der Waals surface area contributed by atoms with E-state index < -0.39 is 0 Å². The molecule has 1 aliphatic heterocycles. The fourth-order valence-corrected chi connectivity index (χ4v) is 4.75. The Morgan fingerprint density at radius 3 is 2.62 bits per heavy atom. The topological polar surface area (TPSA) is 107 Å². The number of rotatable bonds is 6. The van der Waals surface area contributed by atoms with Crippen molar-refractivity contribution in [3.63, 3.8) is 0 Å². The molecule has 9 heteroatoms. The van der Waals surface area contributed by atoms with Crippen LogP contribution in [0, 0.1) is 5.92 Å². The van der Waals surface area contributed by atoms with Crippen molar-refractivity contribution in [1.82, 2.24) is 20.4 Å². The molecule has 2 aliphatic rings. The van der Waals surface area contributed by atoms with Gasteiger partial charge >= 0.3 is 6.03 Å². The van der Waals surface area contributed by atoms with Gasteiger partial charge in [0.25, 0.3) is 0 Å². The normalized spacial score (nSPS) is 22.2. The fourth-order valence-electron chi connectivity index (χ4n) is 4.75. The minimum atomic E-state index is -0.376. The number of amides is 3. The maximum absolute atomic E-state index is 13.2. The zero-order chi connectivity index (χ0) is 23.7. The molecule has 1 N–H and O–H groups in total. The first-order chi connectivity index (χ1) is 16.6. The summed E-state index contributed by atoms with van der Waals surface area (Å²) < 4.78 is 16.0. The van der Waals surface area contributed by atoms with Crippen LogP contribution in [0.3, 0.4) is 0 Å². The van der Waals surface area contributed by atoms with Crippen LogP contribution < -0.4 is 14.8 Å². The van der Waals surface area contributed by atoms with Gasteiger partial charge in [0.15, 0.2) is 0 Å². The molecule has 0 bridgehead atoms. The van der Waals surface area contributed by atoms with Crippen LogP contribution in [0.1, 0.15) is 36.6 Å². The summed E-state index contributed by atoms with van der Waals surface area (Å²) in [5.41, 5.74) is 1.67. The summed E-state index contributed by atoms with van der Waals surface area (Å²) in [4.78, 5) is 31.9. The molecule has 34 heavy (non-hydrogen) atoms. The highest BCUT2D eigenvalue weighted by Crippen LogP contribution is 2.38. The molecular weight excluding hydrogens is 436 g/mol. The summed E-state index contributed by atoms with van der Waals surface area (Å²) in [5, 5.41) is 7.15. The number of methoxy groups -OCH3 is 2. The number of ether oxygens (including phenoxy) is 2. The van der Waals surface area contributed by atoms with E-state index in [1.807, 2.05) is 48.5 Å². The predicted molar refractivity (Wildman–Crippen MR) is 122 cm³/mol. The van der Waals surface area contributed by atoms with E-state index in [1.54, 1.807) is 14.2 Å². The minimum Gasteiger partial charge on any atom is -0.497 e. The summed E-state index contributed by atoms with van der Waals surface area (Å²) in [5.74, 6) is 2.07. The van der Waals surface area contributed by atoms with Crippen LogP contribution in [-0.2, 0) is 11.3 Å². The van der Waals surface area contributed by atoms with Crippen LogP contribution in [0.5, 0.6) is 11.5 Å². The summed E-state index contributed by atoms with van der Waals surface area (Å²) in [6.07, 6.45) is 1.96. The van der Waals surface area contributed by atoms with Crippen LogP contribution in [0.15, 0.2) is 53.1 Å². The Hall–Kier alpha value is -3.88. The van der Waals surface area contributed by atoms with Crippen molar-refractivity contribution >= 4 is 11.9 Å². The second-order valence-electron chi connectivity index (χ2n) is 8.63. The Morgan fingerprint density at radius 2 is 1.85 bits per heavy atom. The molecule has 1 saturated heterocycles. The molecule has 3 aromatic rings. The number of urea groups is 1. The maximum atomic E-state index is 13.2. The smallest absolute Gasteiger partial charge is 0.324 e. The Bertz CT molecular complexity index is 1190. The van der Waals surface area contributed by atoms with Crippen LogP contribution in [-0.4, -0.2) is 47.2 Å². The van der Waals surface area contributed by atoms with Crippen molar-refractivity contribution in [2.45, 2.75) is 37.8 Å². The number of imide groups is 1. The first-order valence-electron chi connectivity index (χ1n) is 11.3. The van der Waals surface area contributed by atoms with Crippen LogP contribution in [0.2, 0.25) is 0 Å². The van der Waals surface area contributed by atoms with Gasteiger partial charge in [-0.05, 0) is 61.2 Å². The van der Waals surface area contributed by atoms with E-state index >= 15 is 0 Å². The third-order valence-electron chi connectivity index (χ3n) is 6.60. The van der Waals surface area contributed by atoms with Crippen molar-refractivity contribution in [1.29, 1.82) is 0 Å². The number of carbonyl (C=O) groups is 2. The first kappa shape index (κ1) is 21.9. The number of nitrogens with one attached hydrogen (secondary N) is 1. The molecular formula is C25H26N4O5. The SMILES string of the molecule is COc1ccc(-c2noc(C3CCC4C(=O)N(Cc5cccc(OC)c5)C(=O)NC4C3)n2)cc1. The van der Waals surface area contributed by atoms with Gasteiger partial charge in [0.05, 0.1) is 26.7 Å². The predicted octanol–water partition coefficient (Wildman–Crippen LogP) is 3.76. The first-order valence-corrected chi connectivity index (χ1v) is 11.3. The van der Waals surface area contributed by atoms with Gasteiger partial charge < -0.3 is 19.3 Å². The van der Waals surface area contributed by atoms with Gasteiger partial charge in [-0.1, -0.05) is 17.3 Å². The highest BCUT2D eigenvalue weighted by molar-refractivity contribution is 5.98. The third-order valence-corrected chi connectivity index (χ3v) is 6.60. The number of carbonyl (C=O) groups excluding carboxylic acids is 2. The molecule has 176 valence electrons. The lowest BCUT2D eigenvalue weighted by Crippen LogP contribution is -2.60. The highest BCUT2D eigenvalue weighted by Gasteiger charge is 2.45. The van der Waals surface area contributed by atoms with E-state index in [4.69, 9.17) is 14.0 Å². The summed E-state index contributed by atoms with van der Waals surface area (Å²) in [6.45, 7) is 0.212. The molecule has 9 nitrogen and oxygen atoms in total. The molecule has 1 aliphatic carbocycles. The van der Waals surface area contributed by atoms with Gasteiger partial charge in [0.1, 0.15) is 11.5 Å². The molecule has 2 fully saturated rings. The molecule has 2 aromatic carbocycles. The lowest BCUT2D eigenvalue weighted by Gasteiger charge is -2.41. The van der Waals surface area contributed by atoms with Gasteiger partial charge in [0.2, 0.25) is 17.6 Å². The van der Waals surface area contributed by atoms with Crippen LogP contribution in [0.4, 0.5) is 4.79 Å². The summed E-state index contributed by atoms with van der Waals surface area (Å²) >= 11 is 0. The van der Waals surface area contributed by atoms with Crippen LogP contribution in [0.25, 0.3) is 11.4 Å². The average Bonchev–Trinajstić information content (AvgIpc) is 3.37. The highest BCUT2D eigenvalue weighted by atomic mass is 16.5. The van der Waals surface area contributed by atoms with Crippen molar-refractivity contribution in [2.24, 2.45) is 5.92 Å². The van der Waals surface area contributed by atoms with E-state index in [-0.39, 0.29) is 36.4 Å². The monoisotopic (exact) mass is 462 g/mol. The lowest BCUT2D eigenvalue weighted by atomic mass is 9.76. The van der Waals surface area contributed by atoms with Crippen molar-refractivity contribution in [2.75, 3.05) is 14.2 Å². The number of hydrogen-bond donors (Lipinski definition) is 1. The van der Waals surface area contributed by atoms with Gasteiger partial charge in [-0.15, -0.1) is 0 Å². The zero-order valence-corrected chi connectivity index (χ0v) is 19.1. The van der Waals surface area contributed by atoms with Crippen molar-refractivity contribution < 1.29 is 23.6 Å². The number of aromatic nitrogens is 2. The van der Waals surface area contributed by atoms with Crippen molar-refractivity contribution in [3.05, 3.63) is 60.0 Å². The Balaban J connectivity index is 1.26. The van der Waals surface area contributed by atoms with E-state index in [0.717, 1.165) is 23.3 Å². The van der Waals surface area contributed by atoms with Crippen molar-refractivity contribution in [3.8, 4) is 22.9 Å².